The van der Waals surface area contributed by atoms with Gasteiger partial charge in [-0.05, 0) is 25.0 Å². The summed E-state index contributed by atoms with van der Waals surface area (Å²) < 4.78 is -0.368. The Morgan fingerprint density at radius 2 is 2.04 bits per heavy atom. The summed E-state index contributed by atoms with van der Waals surface area (Å²) in [6.45, 7) is 4.16. The summed E-state index contributed by atoms with van der Waals surface area (Å²) in [5.74, 6) is -1.58. The van der Waals surface area contributed by atoms with E-state index in [0.29, 0.717) is 11.3 Å². The Hall–Kier alpha value is -1.93. The van der Waals surface area contributed by atoms with Crippen molar-refractivity contribution in [3.8, 4) is 0 Å². The highest BCUT2D eigenvalue weighted by molar-refractivity contribution is 8.14. The summed E-state index contributed by atoms with van der Waals surface area (Å²) in [5, 5.41) is 11.7. The van der Waals surface area contributed by atoms with E-state index in [9.17, 15) is 19.5 Å². The third-order valence-corrected chi connectivity index (χ3v) is 6.01. The average Bonchev–Trinajstić information content (AvgIpc) is 2.91. The van der Waals surface area contributed by atoms with E-state index in [0.717, 1.165) is 24.0 Å². The minimum absolute atomic E-state index is 0.0388. The van der Waals surface area contributed by atoms with Crippen LogP contribution in [0.25, 0.3) is 6.08 Å². The maximum Gasteiger partial charge on any atom is 0.326 e. The predicted octanol–water partition coefficient (Wildman–Crippen LogP) is 3.27. The van der Waals surface area contributed by atoms with E-state index in [4.69, 9.17) is 0 Å². The zero-order valence-electron chi connectivity index (χ0n) is 16.1. The van der Waals surface area contributed by atoms with Gasteiger partial charge in [0.25, 0.3) is 5.91 Å². The van der Waals surface area contributed by atoms with Gasteiger partial charge in [-0.3, -0.25) is 9.59 Å². The van der Waals surface area contributed by atoms with Crippen LogP contribution in [0.15, 0.2) is 29.2 Å². The molecule has 152 valence electrons. The van der Waals surface area contributed by atoms with E-state index in [-0.39, 0.29) is 29.5 Å². The van der Waals surface area contributed by atoms with Gasteiger partial charge in [0.2, 0.25) is 5.91 Å². The van der Waals surface area contributed by atoms with Gasteiger partial charge in [0.05, 0.1) is 4.91 Å². The predicted molar refractivity (Wildman–Crippen MR) is 115 cm³/mol. The van der Waals surface area contributed by atoms with Crippen molar-refractivity contribution in [2.45, 2.75) is 50.3 Å². The molecule has 0 spiro atoms. The minimum atomic E-state index is -1.04. The molecular formula is C20H26N2O4S2. The molecule has 0 bridgehead atoms. The first kappa shape index (κ1) is 22.4. The molecule has 2 unspecified atom stereocenters. The normalized spacial score (nSPS) is 19.1. The largest absolute Gasteiger partial charge is 0.480 e. The van der Waals surface area contributed by atoms with Gasteiger partial charge in [0.15, 0.2) is 0 Å². The van der Waals surface area contributed by atoms with Crippen molar-refractivity contribution in [2.75, 3.05) is 6.54 Å². The van der Waals surface area contributed by atoms with Gasteiger partial charge in [0.1, 0.15) is 10.7 Å². The Balaban J connectivity index is 1.93. The molecule has 1 aliphatic heterocycles. The van der Waals surface area contributed by atoms with Crippen LogP contribution in [0.1, 0.15) is 43.7 Å². The van der Waals surface area contributed by atoms with E-state index >= 15 is 0 Å². The fourth-order valence-electron chi connectivity index (χ4n) is 2.75. The molecule has 1 aliphatic rings. The summed E-state index contributed by atoms with van der Waals surface area (Å²) in [7, 11) is 0. The first-order chi connectivity index (χ1) is 13.3. The van der Waals surface area contributed by atoms with Gasteiger partial charge in [0, 0.05) is 13.0 Å². The van der Waals surface area contributed by atoms with Crippen LogP contribution >= 0.6 is 24.4 Å². The smallest absolute Gasteiger partial charge is 0.326 e. The van der Waals surface area contributed by atoms with E-state index in [1.807, 2.05) is 44.2 Å². The zero-order chi connectivity index (χ0) is 20.7. The monoisotopic (exact) mass is 422 g/mol. The topological polar surface area (TPSA) is 86.7 Å². The SMILES string of the molecule is CCCCC(NC(=O)CCN1C(=O)/C(=C\c2ccc(C)cc2)SC1S)C(=O)O. The zero-order valence-corrected chi connectivity index (χ0v) is 17.8. The second-order valence-corrected chi connectivity index (χ2v) is 8.67. The quantitative estimate of drug-likeness (QED) is 0.420. The number of hydrogen-bond acceptors (Lipinski definition) is 5. The molecule has 1 fully saturated rings. The molecule has 2 atom stereocenters. The molecule has 1 aromatic rings. The number of nitrogens with one attached hydrogen (secondary N) is 1. The molecule has 2 amide bonds. The van der Waals surface area contributed by atoms with Crippen molar-refractivity contribution >= 4 is 48.3 Å². The second-order valence-electron chi connectivity index (χ2n) is 6.71. The molecule has 0 aliphatic carbocycles. The summed E-state index contributed by atoms with van der Waals surface area (Å²) in [5.41, 5.74) is 2.08. The van der Waals surface area contributed by atoms with Crippen LogP contribution in [0, 0.1) is 6.92 Å². The lowest BCUT2D eigenvalue weighted by atomic mass is 10.1. The maximum atomic E-state index is 12.6. The highest BCUT2D eigenvalue weighted by Gasteiger charge is 2.34. The molecule has 2 N–H and O–H groups in total. The van der Waals surface area contributed by atoms with Gasteiger partial charge in [-0.15, -0.1) is 12.6 Å². The maximum absolute atomic E-state index is 12.6. The molecule has 0 radical (unpaired) electrons. The number of nitrogens with zero attached hydrogens (tertiary/aromatic N) is 1. The van der Waals surface area contributed by atoms with Crippen LogP contribution in [-0.2, 0) is 14.4 Å². The second kappa shape index (κ2) is 10.6. The van der Waals surface area contributed by atoms with Crippen LogP contribution in [0.2, 0.25) is 0 Å². The van der Waals surface area contributed by atoms with E-state index in [1.165, 1.54) is 16.7 Å². The van der Waals surface area contributed by atoms with Crippen LogP contribution in [0.3, 0.4) is 0 Å². The summed E-state index contributed by atoms with van der Waals surface area (Å²) in [6, 6.07) is 6.96. The highest BCUT2D eigenvalue weighted by Crippen LogP contribution is 2.38. The summed E-state index contributed by atoms with van der Waals surface area (Å²) >= 11 is 5.78. The molecular weight excluding hydrogens is 396 g/mol. The number of carboxylic acids is 1. The number of hydrogen-bond donors (Lipinski definition) is 3. The molecule has 0 saturated carbocycles. The van der Waals surface area contributed by atoms with Crippen molar-refractivity contribution in [2.24, 2.45) is 0 Å². The third kappa shape index (κ3) is 6.31. The summed E-state index contributed by atoms with van der Waals surface area (Å²) in [6.07, 6.45) is 3.84. The van der Waals surface area contributed by atoms with Crippen molar-refractivity contribution in [3.63, 3.8) is 0 Å². The number of aliphatic carboxylic acids is 1. The van der Waals surface area contributed by atoms with Gasteiger partial charge in [-0.25, -0.2) is 4.79 Å². The van der Waals surface area contributed by atoms with E-state index in [2.05, 4.69) is 17.9 Å². The summed E-state index contributed by atoms with van der Waals surface area (Å²) in [4.78, 5) is 38.1. The standard InChI is InChI=1S/C20H26N2O4S2/c1-3-4-5-15(19(25)26)21-17(23)10-11-22-18(24)16(28-20(22)27)12-14-8-6-13(2)7-9-14/h6-9,12,15,20,27H,3-5,10-11H2,1-2H3,(H,21,23)(H,25,26)/b16-12+. The number of thiol groups is 1. The molecule has 2 rings (SSSR count). The number of carbonyl (C=O) groups is 3. The van der Waals surface area contributed by atoms with Crippen LogP contribution in [-0.4, -0.2) is 45.1 Å². The number of aryl methyl sites for hydroxylation is 1. The molecule has 6 nitrogen and oxygen atoms in total. The number of carbonyl (C=O) groups excluding carboxylic acids is 2. The van der Waals surface area contributed by atoms with Gasteiger partial charge >= 0.3 is 5.97 Å². The minimum Gasteiger partial charge on any atom is -0.480 e. The Morgan fingerprint density at radius 1 is 1.36 bits per heavy atom. The Morgan fingerprint density at radius 3 is 2.64 bits per heavy atom. The Bertz CT molecular complexity index is 749. The lowest BCUT2D eigenvalue weighted by Crippen LogP contribution is -2.42. The number of thioether (sulfide) groups is 1. The van der Waals surface area contributed by atoms with Crippen LogP contribution in [0.5, 0.6) is 0 Å². The molecule has 28 heavy (non-hydrogen) atoms. The lowest BCUT2D eigenvalue weighted by Gasteiger charge is -2.20. The first-order valence-electron chi connectivity index (χ1n) is 9.28. The van der Waals surface area contributed by atoms with Crippen LogP contribution < -0.4 is 5.32 Å². The lowest BCUT2D eigenvalue weighted by molar-refractivity contribution is -0.142. The fraction of sp³-hybridized carbons (Fsp3) is 0.450. The van der Waals surface area contributed by atoms with Gasteiger partial charge in [-0.2, -0.15) is 0 Å². The molecule has 8 heteroatoms. The number of amides is 2. The molecule has 1 saturated heterocycles. The average molecular weight is 423 g/mol. The van der Waals surface area contributed by atoms with E-state index in [1.54, 1.807) is 0 Å². The first-order valence-corrected chi connectivity index (χ1v) is 10.7. The highest BCUT2D eigenvalue weighted by atomic mass is 32.2. The Labute approximate surface area is 175 Å². The number of rotatable bonds is 9. The van der Waals surface area contributed by atoms with E-state index < -0.39 is 12.0 Å². The number of unbranched alkanes of at least 4 members (excludes halogenated alkanes) is 1. The molecule has 1 aromatic carbocycles. The van der Waals surface area contributed by atoms with Gasteiger partial charge in [-0.1, -0.05) is 61.4 Å². The molecule has 0 aromatic heterocycles. The van der Waals surface area contributed by atoms with Crippen molar-refractivity contribution in [1.29, 1.82) is 0 Å². The Kier molecular flexibility index (Phi) is 8.44. The third-order valence-electron chi connectivity index (χ3n) is 4.41. The van der Waals surface area contributed by atoms with Crippen molar-refractivity contribution in [1.82, 2.24) is 10.2 Å². The molecule has 1 heterocycles. The van der Waals surface area contributed by atoms with Gasteiger partial charge < -0.3 is 15.3 Å². The number of carboxylic acid groups (broad SMARTS) is 1. The van der Waals surface area contributed by atoms with Crippen LogP contribution in [0.4, 0.5) is 0 Å². The fourth-order valence-corrected chi connectivity index (χ4v) is 4.28. The van der Waals surface area contributed by atoms with Crippen molar-refractivity contribution in [3.05, 3.63) is 40.3 Å². The number of benzene rings is 1. The van der Waals surface area contributed by atoms with Crippen molar-refractivity contribution < 1.29 is 19.5 Å².